The molecule has 1 aromatic carbocycles. The number of hydrogen-bond donors (Lipinski definition) is 1. The molecule has 3 rings (SSSR count). The second-order valence-electron chi connectivity index (χ2n) is 6.88. The summed E-state index contributed by atoms with van der Waals surface area (Å²) in [5, 5.41) is 12.5. The Kier molecular flexibility index (Phi) is 5.32. The molecular formula is C20H25N3O. The maximum atomic E-state index is 12.4. The monoisotopic (exact) mass is 323 g/mol. The van der Waals surface area contributed by atoms with Crippen molar-refractivity contribution in [2.24, 2.45) is 0 Å². The Balaban J connectivity index is 1.53. The van der Waals surface area contributed by atoms with E-state index >= 15 is 0 Å². The Bertz CT molecular complexity index is 639. The number of amides is 1. The van der Waals surface area contributed by atoms with Gasteiger partial charge in [-0.05, 0) is 30.4 Å². The van der Waals surface area contributed by atoms with Crippen molar-refractivity contribution in [2.75, 3.05) is 19.6 Å². The molecule has 0 saturated heterocycles. The maximum absolute atomic E-state index is 12.4. The van der Waals surface area contributed by atoms with Gasteiger partial charge in [0, 0.05) is 13.1 Å². The summed E-state index contributed by atoms with van der Waals surface area (Å²) >= 11 is 0. The van der Waals surface area contributed by atoms with Gasteiger partial charge in [-0.3, -0.25) is 9.69 Å². The highest BCUT2D eigenvalue weighted by Gasteiger charge is 2.33. The molecule has 1 amide bonds. The lowest BCUT2D eigenvalue weighted by Gasteiger charge is -2.33. The van der Waals surface area contributed by atoms with E-state index in [0.29, 0.717) is 6.54 Å². The number of carbonyl (C=O) groups excluding carboxylic acids is 1. The molecule has 0 aromatic heterocycles. The van der Waals surface area contributed by atoms with E-state index in [2.05, 4.69) is 46.6 Å². The van der Waals surface area contributed by atoms with Crippen molar-refractivity contribution in [3.63, 3.8) is 0 Å². The van der Waals surface area contributed by atoms with E-state index in [4.69, 9.17) is 0 Å². The Morgan fingerprint density at radius 1 is 1.21 bits per heavy atom. The molecule has 0 unspecified atom stereocenters. The number of hydrogen-bond acceptors (Lipinski definition) is 3. The second-order valence-corrected chi connectivity index (χ2v) is 6.88. The number of rotatable bonds is 4. The van der Waals surface area contributed by atoms with Crippen LogP contribution >= 0.6 is 0 Å². The highest BCUT2D eigenvalue weighted by Crippen LogP contribution is 2.27. The van der Waals surface area contributed by atoms with Crippen LogP contribution in [-0.2, 0) is 4.79 Å². The van der Waals surface area contributed by atoms with Gasteiger partial charge in [0.1, 0.15) is 5.54 Å². The number of benzene rings is 1. The van der Waals surface area contributed by atoms with Crippen molar-refractivity contribution < 1.29 is 4.79 Å². The fraction of sp³-hybridized carbons (Fsp3) is 0.500. The van der Waals surface area contributed by atoms with E-state index in [0.717, 1.165) is 45.2 Å². The Hall–Kier alpha value is -2.12. The van der Waals surface area contributed by atoms with Crippen molar-refractivity contribution in [1.82, 2.24) is 10.2 Å². The molecule has 0 atom stereocenters. The SMILES string of the molecule is N#CC1(NC(=O)CN2CC=C(c3ccccc3)CC2)CCCCC1. The zero-order chi connectivity index (χ0) is 16.8. The summed E-state index contributed by atoms with van der Waals surface area (Å²) in [6.07, 6.45) is 7.97. The van der Waals surface area contributed by atoms with E-state index < -0.39 is 5.54 Å². The zero-order valence-electron chi connectivity index (χ0n) is 14.1. The molecular weight excluding hydrogens is 298 g/mol. The second kappa shape index (κ2) is 7.63. The molecule has 1 saturated carbocycles. The highest BCUT2D eigenvalue weighted by molar-refractivity contribution is 5.79. The standard InChI is InChI=1S/C20H25N3O/c21-16-20(11-5-2-6-12-20)22-19(24)15-23-13-9-18(10-14-23)17-7-3-1-4-8-17/h1,3-4,7-9H,2,5-6,10-15H2,(H,22,24). The van der Waals surface area contributed by atoms with E-state index in [1.165, 1.54) is 17.6 Å². The fourth-order valence-electron chi connectivity index (χ4n) is 3.70. The average molecular weight is 323 g/mol. The summed E-state index contributed by atoms with van der Waals surface area (Å²) < 4.78 is 0. The molecule has 2 aliphatic rings. The van der Waals surface area contributed by atoms with Crippen molar-refractivity contribution in [3.05, 3.63) is 42.0 Å². The molecule has 1 fully saturated rings. The molecule has 24 heavy (non-hydrogen) atoms. The normalized spacial score (nSPS) is 20.7. The van der Waals surface area contributed by atoms with Crippen molar-refractivity contribution >= 4 is 11.5 Å². The van der Waals surface area contributed by atoms with Crippen LogP contribution in [-0.4, -0.2) is 36.0 Å². The van der Waals surface area contributed by atoms with E-state index in [1.807, 2.05) is 6.07 Å². The van der Waals surface area contributed by atoms with Crippen LogP contribution < -0.4 is 5.32 Å². The van der Waals surface area contributed by atoms with Crippen molar-refractivity contribution in [2.45, 2.75) is 44.1 Å². The van der Waals surface area contributed by atoms with Crippen LogP contribution in [0.3, 0.4) is 0 Å². The van der Waals surface area contributed by atoms with E-state index in [-0.39, 0.29) is 5.91 Å². The molecule has 1 aliphatic heterocycles. The lowest BCUT2D eigenvalue weighted by molar-refractivity contribution is -0.123. The Labute approximate surface area is 144 Å². The van der Waals surface area contributed by atoms with Crippen LogP contribution in [0.15, 0.2) is 36.4 Å². The molecule has 1 heterocycles. The molecule has 0 radical (unpaired) electrons. The summed E-state index contributed by atoms with van der Waals surface area (Å²) in [6.45, 7) is 2.05. The van der Waals surface area contributed by atoms with Gasteiger partial charge in [-0.25, -0.2) is 0 Å². The molecule has 1 N–H and O–H groups in total. The number of nitrogens with one attached hydrogen (secondary N) is 1. The van der Waals surface area contributed by atoms with Crippen molar-refractivity contribution in [1.29, 1.82) is 5.26 Å². The average Bonchev–Trinajstić information content (AvgIpc) is 2.64. The van der Waals surface area contributed by atoms with Gasteiger partial charge in [0.15, 0.2) is 0 Å². The molecule has 0 bridgehead atoms. The lowest BCUT2D eigenvalue weighted by atomic mass is 9.83. The number of nitriles is 1. The lowest BCUT2D eigenvalue weighted by Crippen LogP contribution is -2.52. The third-order valence-electron chi connectivity index (χ3n) is 5.10. The van der Waals surface area contributed by atoms with Gasteiger partial charge in [-0.2, -0.15) is 5.26 Å². The van der Waals surface area contributed by atoms with Gasteiger partial charge in [0.25, 0.3) is 0 Å². The minimum absolute atomic E-state index is 0.0185. The predicted octanol–water partition coefficient (Wildman–Crippen LogP) is 3.12. The third kappa shape index (κ3) is 4.04. The van der Waals surface area contributed by atoms with Crippen LogP contribution in [0.5, 0.6) is 0 Å². The quantitative estimate of drug-likeness (QED) is 0.926. The Morgan fingerprint density at radius 2 is 1.96 bits per heavy atom. The fourth-order valence-corrected chi connectivity index (χ4v) is 3.70. The molecule has 4 heteroatoms. The number of carbonyl (C=O) groups is 1. The first-order valence-electron chi connectivity index (χ1n) is 8.90. The van der Waals surface area contributed by atoms with Crippen molar-refractivity contribution in [3.8, 4) is 6.07 Å². The van der Waals surface area contributed by atoms with Gasteiger partial charge in [-0.15, -0.1) is 0 Å². The summed E-state index contributed by atoms with van der Waals surface area (Å²) in [7, 11) is 0. The molecule has 1 aliphatic carbocycles. The minimum Gasteiger partial charge on any atom is -0.337 e. The predicted molar refractivity (Wildman–Crippen MR) is 95.0 cm³/mol. The van der Waals surface area contributed by atoms with Gasteiger partial charge in [0.05, 0.1) is 12.6 Å². The van der Waals surface area contributed by atoms with Gasteiger partial charge < -0.3 is 5.32 Å². The first-order valence-corrected chi connectivity index (χ1v) is 8.90. The summed E-state index contributed by atoms with van der Waals surface area (Å²) in [6, 6.07) is 12.8. The minimum atomic E-state index is -0.629. The van der Waals surface area contributed by atoms with E-state index in [9.17, 15) is 10.1 Å². The largest absolute Gasteiger partial charge is 0.337 e. The zero-order valence-corrected chi connectivity index (χ0v) is 14.1. The molecule has 0 spiro atoms. The number of nitrogens with zero attached hydrogens (tertiary/aromatic N) is 2. The van der Waals surface area contributed by atoms with Gasteiger partial charge in [0.2, 0.25) is 5.91 Å². The Morgan fingerprint density at radius 3 is 2.58 bits per heavy atom. The maximum Gasteiger partial charge on any atom is 0.235 e. The first kappa shape index (κ1) is 16.7. The van der Waals surface area contributed by atoms with Gasteiger partial charge >= 0.3 is 0 Å². The topological polar surface area (TPSA) is 56.1 Å². The highest BCUT2D eigenvalue weighted by atomic mass is 16.2. The summed E-state index contributed by atoms with van der Waals surface area (Å²) in [5.41, 5.74) is 2.00. The summed E-state index contributed by atoms with van der Waals surface area (Å²) in [4.78, 5) is 14.5. The van der Waals surface area contributed by atoms with Crippen LogP contribution in [0, 0.1) is 11.3 Å². The third-order valence-corrected chi connectivity index (χ3v) is 5.10. The first-order chi connectivity index (χ1) is 11.7. The van der Waals surface area contributed by atoms with Crippen LogP contribution in [0.2, 0.25) is 0 Å². The van der Waals surface area contributed by atoms with Gasteiger partial charge in [-0.1, -0.05) is 55.7 Å². The van der Waals surface area contributed by atoms with E-state index in [1.54, 1.807) is 0 Å². The molecule has 4 nitrogen and oxygen atoms in total. The molecule has 1 aromatic rings. The summed E-state index contributed by atoms with van der Waals surface area (Å²) in [5.74, 6) is -0.0185. The smallest absolute Gasteiger partial charge is 0.235 e. The molecule has 126 valence electrons. The van der Waals surface area contributed by atoms with Crippen LogP contribution in [0.4, 0.5) is 0 Å². The van der Waals surface area contributed by atoms with Crippen LogP contribution in [0.25, 0.3) is 5.57 Å². The van der Waals surface area contributed by atoms with Crippen LogP contribution in [0.1, 0.15) is 44.1 Å².